The molecule has 1 saturated heterocycles. The van der Waals surface area contributed by atoms with Gasteiger partial charge in [-0.15, -0.1) is 0 Å². The number of anilines is 1. The SMILES string of the molecule is CC/C=C\N(CC1(CF)CCCC2(C1)OCCO2)c1cc(C#N)ccc1C. The van der Waals surface area contributed by atoms with E-state index in [9.17, 15) is 9.65 Å². The van der Waals surface area contributed by atoms with E-state index in [1.807, 2.05) is 31.3 Å². The second-order valence-electron chi connectivity index (χ2n) is 7.81. The third-order valence-electron chi connectivity index (χ3n) is 5.68. The number of halogens is 1. The maximum Gasteiger partial charge on any atom is 0.169 e. The third kappa shape index (κ3) is 4.34. The van der Waals surface area contributed by atoms with Crippen molar-refractivity contribution in [1.82, 2.24) is 0 Å². The van der Waals surface area contributed by atoms with Crippen molar-refractivity contribution in [3.05, 3.63) is 41.6 Å². The van der Waals surface area contributed by atoms with E-state index in [0.29, 0.717) is 31.7 Å². The Morgan fingerprint density at radius 2 is 2.07 bits per heavy atom. The van der Waals surface area contributed by atoms with Gasteiger partial charge in [-0.3, -0.25) is 4.39 Å². The Kier molecular flexibility index (Phi) is 6.18. The zero-order chi connectivity index (χ0) is 19.3. The summed E-state index contributed by atoms with van der Waals surface area (Å²) in [6.45, 7) is 5.42. The molecule has 2 fully saturated rings. The van der Waals surface area contributed by atoms with Gasteiger partial charge in [-0.05, 0) is 43.9 Å². The highest BCUT2D eigenvalue weighted by atomic mass is 19.1. The van der Waals surface area contributed by atoms with Gasteiger partial charge >= 0.3 is 0 Å². The van der Waals surface area contributed by atoms with Gasteiger partial charge < -0.3 is 14.4 Å². The van der Waals surface area contributed by atoms with E-state index < -0.39 is 17.9 Å². The van der Waals surface area contributed by atoms with Crippen LogP contribution in [-0.2, 0) is 9.47 Å². The molecule has 1 unspecified atom stereocenters. The first kappa shape index (κ1) is 19.9. The molecule has 1 spiro atoms. The average molecular weight is 372 g/mol. The van der Waals surface area contributed by atoms with Crippen molar-refractivity contribution in [2.24, 2.45) is 5.41 Å². The van der Waals surface area contributed by atoms with Gasteiger partial charge in [0.1, 0.15) is 0 Å². The van der Waals surface area contributed by atoms with Crippen molar-refractivity contribution in [1.29, 1.82) is 5.26 Å². The van der Waals surface area contributed by atoms with Crippen LogP contribution in [0.1, 0.15) is 50.2 Å². The van der Waals surface area contributed by atoms with Crippen LogP contribution in [0, 0.1) is 23.7 Å². The van der Waals surface area contributed by atoms with Crippen LogP contribution in [0.5, 0.6) is 0 Å². The number of rotatable bonds is 6. The number of nitriles is 1. The molecule has 1 aromatic carbocycles. The summed E-state index contributed by atoms with van der Waals surface area (Å²) in [6, 6.07) is 7.87. The molecule has 146 valence electrons. The first-order valence-electron chi connectivity index (χ1n) is 9.83. The molecule has 27 heavy (non-hydrogen) atoms. The van der Waals surface area contributed by atoms with Gasteiger partial charge in [-0.2, -0.15) is 5.26 Å². The van der Waals surface area contributed by atoms with E-state index in [-0.39, 0.29) is 0 Å². The van der Waals surface area contributed by atoms with E-state index in [0.717, 1.165) is 36.9 Å². The van der Waals surface area contributed by atoms with Crippen LogP contribution in [0.4, 0.5) is 10.1 Å². The number of benzene rings is 1. The minimum absolute atomic E-state index is 0.408. The maximum absolute atomic E-state index is 14.4. The molecule has 1 heterocycles. The molecule has 1 aromatic rings. The lowest BCUT2D eigenvalue weighted by Gasteiger charge is -2.45. The highest BCUT2D eigenvalue weighted by Gasteiger charge is 2.49. The average Bonchev–Trinajstić information content (AvgIpc) is 3.13. The predicted molar refractivity (Wildman–Crippen MR) is 104 cm³/mol. The van der Waals surface area contributed by atoms with E-state index >= 15 is 0 Å². The summed E-state index contributed by atoms with van der Waals surface area (Å²) < 4.78 is 26.2. The molecule has 1 aliphatic carbocycles. The van der Waals surface area contributed by atoms with Gasteiger partial charge in [-0.1, -0.05) is 19.1 Å². The number of aryl methyl sites for hydroxylation is 1. The first-order chi connectivity index (χ1) is 13.1. The Morgan fingerprint density at radius 3 is 2.74 bits per heavy atom. The molecule has 4 nitrogen and oxygen atoms in total. The van der Waals surface area contributed by atoms with E-state index in [1.54, 1.807) is 0 Å². The zero-order valence-corrected chi connectivity index (χ0v) is 16.3. The number of hydrogen-bond donors (Lipinski definition) is 0. The summed E-state index contributed by atoms with van der Waals surface area (Å²) in [4.78, 5) is 2.10. The van der Waals surface area contributed by atoms with Crippen molar-refractivity contribution >= 4 is 5.69 Å². The van der Waals surface area contributed by atoms with E-state index in [1.165, 1.54) is 0 Å². The molecular weight excluding hydrogens is 343 g/mol. The van der Waals surface area contributed by atoms with Crippen molar-refractivity contribution < 1.29 is 13.9 Å². The summed E-state index contributed by atoms with van der Waals surface area (Å²) in [7, 11) is 0. The molecule has 0 bridgehead atoms. The highest BCUT2D eigenvalue weighted by molar-refractivity contribution is 5.59. The van der Waals surface area contributed by atoms with Crippen molar-refractivity contribution in [3.8, 4) is 6.07 Å². The molecule has 1 aliphatic heterocycles. The van der Waals surface area contributed by atoms with Gasteiger partial charge in [0.05, 0.1) is 31.5 Å². The van der Waals surface area contributed by atoms with Crippen LogP contribution in [0.3, 0.4) is 0 Å². The van der Waals surface area contributed by atoms with Gasteiger partial charge in [-0.25, -0.2) is 0 Å². The van der Waals surface area contributed by atoms with Crippen LogP contribution in [0.15, 0.2) is 30.5 Å². The van der Waals surface area contributed by atoms with Gasteiger partial charge in [0.2, 0.25) is 0 Å². The number of nitrogens with zero attached hydrogens (tertiary/aromatic N) is 2. The molecule has 1 saturated carbocycles. The van der Waals surface area contributed by atoms with Gasteiger partial charge in [0.25, 0.3) is 0 Å². The van der Waals surface area contributed by atoms with Crippen molar-refractivity contribution in [2.45, 2.75) is 51.7 Å². The van der Waals surface area contributed by atoms with Gasteiger partial charge in [0.15, 0.2) is 5.79 Å². The summed E-state index contributed by atoms with van der Waals surface area (Å²) in [5.74, 6) is -0.617. The Labute approximate surface area is 161 Å². The minimum Gasteiger partial charge on any atom is -0.348 e. The quantitative estimate of drug-likeness (QED) is 0.715. The number of ether oxygens (including phenoxy) is 2. The lowest BCUT2D eigenvalue weighted by Crippen LogP contribution is -2.48. The minimum atomic E-state index is -0.617. The predicted octanol–water partition coefficient (Wildman–Crippen LogP) is 4.87. The van der Waals surface area contributed by atoms with Crippen molar-refractivity contribution in [2.75, 3.05) is 31.3 Å². The third-order valence-corrected chi connectivity index (χ3v) is 5.68. The number of allylic oxidation sites excluding steroid dienone is 1. The Hall–Kier alpha value is -1.90. The van der Waals surface area contributed by atoms with Crippen LogP contribution in [0.2, 0.25) is 0 Å². The topological polar surface area (TPSA) is 45.5 Å². The number of hydrogen-bond acceptors (Lipinski definition) is 4. The Morgan fingerprint density at radius 1 is 1.30 bits per heavy atom. The maximum atomic E-state index is 14.4. The largest absolute Gasteiger partial charge is 0.348 e. The highest BCUT2D eigenvalue weighted by Crippen LogP contribution is 2.47. The molecule has 0 amide bonds. The number of alkyl halides is 1. The summed E-state index contributed by atoms with van der Waals surface area (Å²) >= 11 is 0. The molecule has 2 aliphatic rings. The summed E-state index contributed by atoms with van der Waals surface area (Å²) in [6.07, 6.45) is 8.11. The lowest BCUT2D eigenvalue weighted by molar-refractivity contribution is -0.202. The lowest BCUT2D eigenvalue weighted by atomic mass is 9.71. The molecular formula is C22H29FN2O2. The summed E-state index contributed by atoms with van der Waals surface area (Å²) in [5, 5.41) is 9.29. The second-order valence-corrected chi connectivity index (χ2v) is 7.81. The van der Waals surface area contributed by atoms with Gasteiger partial charge in [0, 0.05) is 36.7 Å². The van der Waals surface area contributed by atoms with Crippen LogP contribution in [0.25, 0.3) is 0 Å². The standard InChI is InChI=1S/C22H29FN2O2/c1-3-4-10-25(20-13-19(14-24)7-6-18(20)2)17-21(16-23)8-5-9-22(15-21)26-11-12-27-22/h4,6-7,10,13H,3,5,8-9,11-12,15-17H2,1-2H3/b10-4-. The van der Waals surface area contributed by atoms with Crippen LogP contribution < -0.4 is 4.90 Å². The Balaban J connectivity index is 1.91. The fourth-order valence-electron chi connectivity index (χ4n) is 4.32. The fourth-order valence-corrected chi connectivity index (χ4v) is 4.32. The van der Waals surface area contributed by atoms with Crippen LogP contribution in [-0.4, -0.2) is 32.2 Å². The fraction of sp³-hybridized carbons (Fsp3) is 0.591. The molecule has 5 heteroatoms. The molecule has 1 atom stereocenters. The zero-order valence-electron chi connectivity index (χ0n) is 16.3. The molecule has 0 radical (unpaired) electrons. The molecule has 0 N–H and O–H groups in total. The summed E-state index contributed by atoms with van der Waals surface area (Å²) in [5.41, 5.74) is 2.12. The second kappa shape index (κ2) is 8.41. The van der Waals surface area contributed by atoms with E-state index in [4.69, 9.17) is 9.47 Å². The van der Waals surface area contributed by atoms with E-state index in [2.05, 4.69) is 24.0 Å². The van der Waals surface area contributed by atoms with Crippen molar-refractivity contribution in [3.63, 3.8) is 0 Å². The first-order valence-corrected chi connectivity index (χ1v) is 9.83. The smallest absolute Gasteiger partial charge is 0.169 e. The Bertz CT molecular complexity index is 722. The normalized spacial score (nSPS) is 24.4. The molecule has 3 rings (SSSR count). The monoisotopic (exact) mass is 372 g/mol. The molecule has 0 aromatic heterocycles. The van der Waals surface area contributed by atoms with Crippen LogP contribution >= 0.6 is 0 Å².